The molecule has 2 aromatic heterocycles. The third-order valence-electron chi connectivity index (χ3n) is 6.82. The minimum Gasteiger partial charge on any atom is -0.497 e. The number of likely N-dealkylation sites (tertiary alicyclic amines) is 1. The molecule has 0 spiro atoms. The van der Waals surface area contributed by atoms with Crippen LogP contribution in [-0.2, 0) is 0 Å². The summed E-state index contributed by atoms with van der Waals surface area (Å²) >= 11 is 0. The van der Waals surface area contributed by atoms with E-state index < -0.39 is 0 Å². The average molecular weight is 423 g/mol. The van der Waals surface area contributed by atoms with Gasteiger partial charge in [0.25, 0.3) is 5.56 Å². The molecule has 1 N–H and O–H groups in total. The Kier molecular flexibility index (Phi) is 5.72. The average Bonchev–Trinajstić information content (AvgIpc) is 3.41. The van der Waals surface area contributed by atoms with Crippen LogP contribution in [0.4, 0.5) is 0 Å². The number of aromatic amines is 1. The lowest BCUT2D eigenvalue weighted by Crippen LogP contribution is -2.36. The first kappa shape index (κ1) is 20.2. The smallest absolute Gasteiger partial charge is 0.253 e. The van der Waals surface area contributed by atoms with E-state index in [0.717, 1.165) is 61.2 Å². The van der Waals surface area contributed by atoms with Crippen LogP contribution in [0.2, 0.25) is 0 Å². The summed E-state index contributed by atoms with van der Waals surface area (Å²) in [6.45, 7) is 1.89. The molecule has 2 fully saturated rings. The van der Waals surface area contributed by atoms with E-state index in [-0.39, 0.29) is 11.6 Å². The molecule has 1 atom stereocenters. The number of ether oxygens (including phenoxy) is 1. The number of hydrogen-bond acceptors (Lipinski definition) is 6. The first-order chi connectivity index (χ1) is 15.2. The zero-order valence-corrected chi connectivity index (χ0v) is 18.1. The van der Waals surface area contributed by atoms with Crippen molar-refractivity contribution in [3.63, 3.8) is 0 Å². The molecule has 0 amide bonds. The molecule has 1 aromatic carbocycles. The molecule has 0 unspecified atom stereocenters. The largest absolute Gasteiger partial charge is 0.497 e. The SMILES string of the molecule is COc1ccc2cc([C@H](c3nnnn3C3CCCC3)N3CCCCCC3)c(=O)[nH]c2c1. The Morgan fingerprint density at radius 2 is 1.84 bits per heavy atom. The van der Waals surface area contributed by atoms with Crippen molar-refractivity contribution >= 4 is 10.9 Å². The van der Waals surface area contributed by atoms with Gasteiger partial charge in [0.1, 0.15) is 11.8 Å². The highest BCUT2D eigenvalue weighted by atomic mass is 16.5. The number of H-pyrrole nitrogens is 1. The minimum atomic E-state index is -0.246. The molecule has 164 valence electrons. The van der Waals surface area contributed by atoms with E-state index in [1.165, 1.54) is 25.7 Å². The molecular weight excluding hydrogens is 392 g/mol. The highest BCUT2D eigenvalue weighted by Crippen LogP contribution is 2.34. The van der Waals surface area contributed by atoms with Gasteiger partial charge in [-0.1, -0.05) is 25.7 Å². The van der Waals surface area contributed by atoms with E-state index in [9.17, 15) is 4.79 Å². The van der Waals surface area contributed by atoms with Crippen molar-refractivity contribution in [1.82, 2.24) is 30.1 Å². The molecule has 2 aliphatic rings. The molecule has 31 heavy (non-hydrogen) atoms. The number of nitrogens with zero attached hydrogens (tertiary/aromatic N) is 5. The van der Waals surface area contributed by atoms with Gasteiger partial charge in [-0.15, -0.1) is 5.10 Å². The van der Waals surface area contributed by atoms with Gasteiger partial charge in [0, 0.05) is 11.6 Å². The molecule has 1 aliphatic heterocycles. The topological polar surface area (TPSA) is 88.9 Å². The fraction of sp³-hybridized carbons (Fsp3) is 0.565. The van der Waals surface area contributed by atoms with Gasteiger partial charge < -0.3 is 9.72 Å². The molecule has 3 heterocycles. The van der Waals surface area contributed by atoms with E-state index in [0.29, 0.717) is 11.6 Å². The van der Waals surface area contributed by atoms with Crippen LogP contribution in [0, 0.1) is 0 Å². The van der Waals surface area contributed by atoms with Gasteiger partial charge >= 0.3 is 0 Å². The standard InChI is InChI=1S/C23H30N6O2/c1-31-18-11-10-16-14-19(23(30)24-20(16)15-18)21(28-12-6-2-3-7-13-28)22-25-26-27-29(22)17-8-4-5-9-17/h10-11,14-15,17,21H,2-9,12-13H2,1H3,(H,24,30)/t21-/m1/s1. The second-order valence-corrected chi connectivity index (χ2v) is 8.78. The zero-order chi connectivity index (χ0) is 21.2. The van der Waals surface area contributed by atoms with Crippen LogP contribution in [0.15, 0.2) is 29.1 Å². The molecule has 3 aromatic rings. The van der Waals surface area contributed by atoms with Crippen LogP contribution in [0.1, 0.15) is 74.8 Å². The van der Waals surface area contributed by atoms with Gasteiger partial charge in [0.05, 0.1) is 18.7 Å². The number of hydrogen-bond donors (Lipinski definition) is 1. The first-order valence-corrected chi connectivity index (χ1v) is 11.5. The van der Waals surface area contributed by atoms with E-state index in [4.69, 9.17) is 4.74 Å². The fourth-order valence-electron chi connectivity index (χ4n) is 5.17. The summed E-state index contributed by atoms with van der Waals surface area (Å²) < 4.78 is 7.32. The summed E-state index contributed by atoms with van der Waals surface area (Å²) in [7, 11) is 1.63. The van der Waals surface area contributed by atoms with E-state index >= 15 is 0 Å². The van der Waals surface area contributed by atoms with E-state index in [1.54, 1.807) is 7.11 Å². The number of methoxy groups -OCH3 is 1. The van der Waals surface area contributed by atoms with Crippen LogP contribution < -0.4 is 10.3 Å². The quantitative estimate of drug-likeness (QED) is 0.676. The third-order valence-corrected chi connectivity index (χ3v) is 6.82. The maximum atomic E-state index is 13.3. The number of tetrazole rings is 1. The summed E-state index contributed by atoms with van der Waals surface area (Å²) in [4.78, 5) is 18.8. The lowest BCUT2D eigenvalue weighted by Gasteiger charge is -2.30. The second-order valence-electron chi connectivity index (χ2n) is 8.78. The summed E-state index contributed by atoms with van der Waals surface area (Å²) in [5.41, 5.74) is 1.41. The Hall–Kier alpha value is -2.74. The van der Waals surface area contributed by atoms with Crippen LogP contribution in [-0.4, -0.2) is 50.3 Å². The van der Waals surface area contributed by atoms with Crippen LogP contribution in [0.5, 0.6) is 5.75 Å². The maximum Gasteiger partial charge on any atom is 0.253 e. The molecule has 8 heteroatoms. The molecular formula is C23H30N6O2. The molecule has 1 aliphatic carbocycles. The number of fused-ring (bicyclic) bond motifs is 1. The Balaban J connectivity index is 1.63. The number of benzene rings is 1. The van der Waals surface area contributed by atoms with Crippen molar-refractivity contribution in [2.24, 2.45) is 0 Å². The molecule has 8 nitrogen and oxygen atoms in total. The molecule has 1 saturated carbocycles. The van der Waals surface area contributed by atoms with Crippen molar-refractivity contribution < 1.29 is 4.74 Å². The van der Waals surface area contributed by atoms with Crippen LogP contribution in [0.25, 0.3) is 10.9 Å². The highest BCUT2D eigenvalue weighted by molar-refractivity contribution is 5.80. The summed E-state index contributed by atoms with van der Waals surface area (Å²) in [6.07, 6.45) is 9.31. The van der Waals surface area contributed by atoms with Gasteiger partial charge in [-0.2, -0.15) is 0 Å². The second kappa shape index (κ2) is 8.78. The monoisotopic (exact) mass is 422 g/mol. The van der Waals surface area contributed by atoms with Crippen LogP contribution >= 0.6 is 0 Å². The minimum absolute atomic E-state index is 0.0871. The van der Waals surface area contributed by atoms with Crippen molar-refractivity contribution in [3.05, 3.63) is 46.0 Å². The maximum absolute atomic E-state index is 13.3. The van der Waals surface area contributed by atoms with Crippen molar-refractivity contribution in [2.45, 2.75) is 63.5 Å². The zero-order valence-electron chi connectivity index (χ0n) is 18.1. The normalized spacial score (nSPS) is 19.5. The van der Waals surface area contributed by atoms with Crippen molar-refractivity contribution in [3.8, 4) is 5.75 Å². The Bertz CT molecular complexity index is 1090. The Morgan fingerprint density at radius 3 is 2.58 bits per heavy atom. The first-order valence-electron chi connectivity index (χ1n) is 11.5. The van der Waals surface area contributed by atoms with Gasteiger partial charge in [-0.05, 0) is 72.8 Å². The van der Waals surface area contributed by atoms with Gasteiger partial charge in [0.15, 0.2) is 5.82 Å². The van der Waals surface area contributed by atoms with E-state index in [2.05, 4.69) is 25.4 Å². The lowest BCUT2D eigenvalue weighted by molar-refractivity contribution is 0.216. The summed E-state index contributed by atoms with van der Waals surface area (Å²) in [6, 6.07) is 7.87. The van der Waals surface area contributed by atoms with E-state index in [1.807, 2.05) is 28.9 Å². The Morgan fingerprint density at radius 1 is 1.06 bits per heavy atom. The van der Waals surface area contributed by atoms with Gasteiger partial charge in [-0.25, -0.2) is 4.68 Å². The predicted octanol–water partition coefficient (Wildman–Crippen LogP) is 3.60. The summed E-state index contributed by atoms with van der Waals surface area (Å²) in [5, 5.41) is 13.9. The number of rotatable bonds is 5. The van der Waals surface area contributed by atoms with Crippen molar-refractivity contribution in [2.75, 3.05) is 20.2 Å². The molecule has 5 rings (SSSR count). The number of aromatic nitrogens is 5. The fourth-order valence-corrected chi connectivity index (χ4v) is 5.17. The third kappa shape index (κ3) is 3.96. The highest BCUT2D eigenvalue weighted by Gasteiger charge is 2.33. The molecule has 1 saturated heterocycles. The number of pyridine rings is 1. The summed E-state index contributed by atoms with van der Waals surface area (Å²) in [5.74, 6) is 1.53. The number of nitrogens with one attached hydrogen (secondary N) is 1. The van der Waals surface area contributed by atoms with Crippen LogP contribution in [0.3, 0.4) is 0 Å². The van der Waals surface area contributed by atoms with Gasteiger partial charge in [-0.3, -0.25) is 9.69 Å². The predicted molar refractivity (Wildman–Crippen MR) is 118 cm³/mol. The van der Waals surface area contributed by atoms with Gasteiger partial charge in [0.2, 0.25) is 0 Å². The lowest BCUT2D eigenvalue weighted by atomic mass is 10.0. The molecule has 0 radical (unpaired) electrons. The Labute approximate surface area is 181 Å². The molecule has 0 bridgehead atoms. The van der Waals surface area contributed by atoms with Crippen molar-refractivity contribution in [1.29, 1.82) is 0 Å².